The van der Waals surface area contributed by atoms with E-state index < -0.39 is 0 Å². The average Bonchev–Trinajstić information content (AvgIpc) is 3.13. The van der Waals surface area contributed by atoms with E-state index in [1.807, 2.05) is 25.3 Å². The van der Waals surface area contributed by atoms with Crippen molar-refractivity contribution < 1.29 is 4.39 Å². The number of halogens is 2. The van der Waals surface area contributed by atoms with E-state index in [0.717, 1.165) is 33.5 Å². The normalized spacial score (nSPS) is 10.9. The van der Waals surface area contributed by atoms with Crippen LogP contribution in [0.4, 0.5) is 15.8 Å². The number of pyridine rings is 2. The number of aromatic amines is 1. The van der Waals surface area contributed by atoms with Crippen LogP contribution in [-0.2, 0) is 0 Å². The standard InChI is InChI=1S/C21H16ClFN4/c1-12(2)16-11-26-19(15-9-13(22)3-4-17(15)23)10-20(16)27-18-6-8-25-21-14(18)5-7-24-21/h3-11H,1H2,2H3,(H2,24,25,26,27). The van der Waals surface area contributed by atoms with Gasteiger partial charge in [-0.3, -0.25) is 4.98 Å². The lowest BCUT2D eigenvalue weighted by Gasteiger charge is -2.14. The van der Waals surface area contributed by atoms with E-state index in [2.05, 4.69) is 26.8 Å². The van der Waals surface area contributed by atoms with E-state index in [0.29, 0.717) is 16.3 Å². The lowest BCUT2D eigenvalue weighted by atomic mass is 10.0. The summed E-state index contributed by atoms with van der Waals surface area (Å²) >= 11 is 6.04. The number of hydrogen-bond donors (Lipinski definition) is 2. The van der Waals surface area contributed by atoms with Gasteiger partial charge in [0.15, 0.2) is 0 Å². The zero-order chi connectivity index (χ0) is 19.0. The Kier molecular flexibility index (Phi) is 4.38. The summed E-state index contributed by atoms with van der Waals surface area (Å²) in [5, 5.41) is 4.82. The highest BCUT2D eigenvalue weighted by Crippen LogP contribution is 2.33. The summed E-state index contributed by atoms with van der Waals surface area (Å²) in [6.07, 6.45) is 5.25. The SMILES string of the molecule is C=C(C)c1cnc(-c2cc(Cl)ccc2F)cc1Nc1ccnc2[nH]ccc12. The highest BCUT2D eigenvalue weighted by molar-refractivity contribution is 6.30. The second kappa shape index (κ2) is 6.85. The van der Waals surface area contributed by atoms with Crippen LogP contribution in [0.15, 0.2) is 61.6 Å². The van der Waals surface area contributed by atoms with E-state index in [9.17, 15) is 4.39 Å². The number of aromatic nitrogens is 3. The van der Waals surface area contributed by atoms with Crippen LogP contribution in [-0.4, -0.2) is 15.0 Å². The van der Waals surface area contributed by atoms with Crippen LogP contribution < -0.4 is 5.32 Å². The smallest absolute Gasteiger partial charge is 0.139 e. The van der Waals surface area contributed by atoms with Gasteiger partial charge in [0.2, 0.25) is 0 Å². The number of rotatable bonds is 4. The van der Waals surface area contributed by atoms with Gasteiger partial charge in [0.05, 0.1) is 11.4 Å². The van der Waals surface area contributed by atoms with E-state index in [1.54, 1.807) is 24.5 Å². The van der Waals surface area contributed by atoms with Crippen LogP contribution in [0, 0.1) is 5.82 Å². The monoisotopic (exact) mass is 378 g/mol. The number of benzene rings is 1. The number of nitrogens with one attached hydrogen (secondary N) is 2. The number of H-pyrrole nitrogens is 1. The Morgan fingerprint density at radius 3 is 2.81 bits per heavy atom. The molecule has 0 fully saturated rings. The molecule has 4 aromatic rings. The van der Waals surface area contributed by atoms with Gasteiger partial charge in [0.25, 0.3) is 0 Å². The van der Waals surface area contributed by atoms with Gasteiger partial charge >= 0.3 is 0 Å². The Bertz CT molecular complexity index is 1170. The van der Waals surface area contributed by atoms with Crippen molar-refractivity contribution in [2.45, 2.75) is 6.92 Å². The zero-order valence-corrected chi connectivity index (χ0v) is 15.3. The van der Waals surface area contributed by atoms with Gasteiger partial charge in [-0.2, -0.15) is 0 Å². The molecule has 0 unspecified atom stereocenters. The molecule has 0 bridgehead atoms. The Hall–Kier alpha value is -3.18. The maximum absolute atomic E-state index is 14.3. The van der Waals surface area contributed by atoms with Gasteiger partial charge in [0, 0.05) is 45.8 Å². The first kappa shape index (κ1) is 17.2. The fraction of sp³-hybridized carbons (Fsp3) is 0.0476. The van der Waals surface area contributed by atoms with Crippen molar-refractivity contribution in [3.05, 3.63) is 78.0 Å². The van der Waals surface area contributed by atoms with Gasteiger partial charge in [-0.15, -0.1) is 0 Å². The predicted molar refractivity (Wildman–Crippen MR) is 109 cm³/mol. The molecule has 134 valence electrons. The average molecular weight is 379 g/mol. The first-order valence-corrected chi connectivity index (χ1v) is 8.71. The second-order valence-electron chi connectivity index (χ2n) is 6.24. The maximum atomic E-state index is 14.3. The maximum Gasteiger partial charge on any atom is 0.139 e. The van der Waals surface area contributed by atoms with Crippen molar-refractivity contribution in [2.75, 3.05) is 5.32 Å². The summed E-state index contributed by atoms with van der Waals surface area (Å²) in [7, 11) is 0. The van der Waals surface area contributed by atoms with Gasteiger partial charge < -0.3 is 10.3 Å². The summed E-state index contributed by atoms with van der Waals surface area (Å²) in [5.41, 5.74) is 4.98. The molecule has 3 aromatic heterocycles. The minimum absolute atomic E-state index is 0.348. The van der Waals surface area contributed by atoms with Crippen molar-refractivity contribution >= 4 is 39.6 Å². The third kappa shape index (κ3) is 3.29. The topological polar surface area (TPSA) is 53.6 Å². The molecule has 0 spiro atoms. The third-order valence-corrected chi connectivity index (χ3v) is 4.53. The van der Waals surface area contributed by atoms with Crippen LogP contribution in [0.25, 0.3) is 27.9 Å². The van der Waals surface area contributed by atoms with Crippen LogP contribution in [0.3, 0.4) is 0 Å². The largest absolute Gasteiger partial charge is 0.354 e. The Labute approximate surface area is 160 Å². The lowest BCUT2D eigenvalue weighted by Crippen LogP contribution is -1.99. The van der Waals surface area contributed by atoms with E-state index in [-0.39, 0.29) is 5.82 Å². The fourth-order valence-electron chi connectivity index (χ4n) is 2.95. The van der Waals surface area contributed by atoms with Crippen LogP contribution in [0.1, 0.15) is 12.5 Å². The van der Waals surface area contributed by atoms with Crippen molar-refractivity contribution in [3.63, 3.8) is 0 Å². The summed E-state index contributed by atoms with van der Waals surface area (Å²) < 4.78 is 14.3. The Morgan fingerprint density at radius 1 is 1.15 bits per heavy atom. The number of anilines is 2. The van der Waals surface area contributed by atoms with Gasteiger partial charge in [-0.25, -0.2) is 9.37 Å². The molecule has 0 atom stereocenters. The predicted octanol–water partition coefficient (Wildman–Crippen LogP) is 6.19. The molecule has 27 heavy (non-hydrogen) atoms. The molecular formula is C21H16ClFN4. The molecule has 0 aliphatic carbocycles. The van der Waals surface area contributed by atoms with E-state index in [1.165, 1.54) is 12.1 Å². The van der Waals surface area contributed by atoms with Crippen LogP contribution >= 0.6 is 11.6 Å². The summed E-state index contributed by atoms with van der Waals surface area (Å²) in [5.74, 6) is -0.377. The number of nitrogens with zero attached hydrogens (tertiary/aromatic N) is 2. The Balaban J connectivity index is 1.84. The molecule has 6 heteroatoms. The zero-order valence-electron chi connectivity index (χ0n) is 14.6. The van der Waals surface area contributed by atoms with Crippen LogP contribution in [0.5, 0.6) is 0 Å². The molecule has 0 amide bonds. The fourth-order valence-corrected chi connectivity index (χ4v) is 3.13. The number of allylic oxidation sites excluding steroid dienone is 1. The molecule has 0 aliphatic rings. The summed E-state index contributed by atoms with van der Waals surface area (Å²) in [4.78, 5) is 11.8. The molecular weight excluding hydrogens is 363 g/mol. The van der Waals surface area contributed by atoms with Gasteiger partial charge in [-0.05, 0) is 48.9 Å². The third-order valence-electron chi connectivity index (χ3n) is 4.30. The minimum Gasteiger partial charge on any atom is -0.354 e. The van der Waals surface area contributed by atoms with E-state index >= 15 is 0 Å². The molecule has 0 saturated heterocycles. The van der Waals surface area contributed by atoms with Gasteiger partial charge in [-0.1, -0.05) is 18.2 Å². The number of hydrogen-bond acceptors (Lipinski definition) is 3. The molecule has 0 saturated carbocycles. The number of fused-ring (bicyclic) bond motifs is 1. The highest BCUT2D eigenvalue weighted by Gasteiger charge is 2.13. The minimum atomic E-state index is -0.377. The van der Waals surface area contributed by atoms with Crippen molar-refractivity contribution in [1.82, 2.24) is 15.0 Å². The molecule has 1 aromatic carbocycles. The molecule has 4 rings (SSSR count). The van der Waals surface area contributed by atoms with Crippen molar-refractivity contribution in [2.24, 2.45) is 0 Å². The van der Waals surface area contributed by atoms with Crippen molar-refractivity contribution in [3.8, 4) is 11.3 Å². The quantitative estimate of drug-likeness (QED) is 0.445. The molecule has 2 N–H and O–H groups in total. The highest BCUT2D eigenvalue weighted by atomic mass is 35.5. The lowest BCUT2D eigenvalue weighted by molar-refractivity contribution is 0.631. The summed E-state index contributed by atoms with van der Waals surface area (Å²) in [6, 6.07) is 10.1. The first-order valence-electron chi connectivity index (χ1n) is 8.33. The second-order valence-corrected chi connectivity index (χ2v) is 6.68. The molecule has 0 radical (unpaired) electrons. The Morgan fingerprint density at radius 2 is 2.00 bits per heavy atom. The summed E-state index contributed by atoms with van der Waals surface area (Å²) in [6.45, 7) is 5.92. The van der Waals surface area contributed by atoms with Crippen LogP contribution in [0.2, 0.25) is 5.02 Å². The molecule has 0 aliphatic heterocycles. The van der Waals surface area contributed by atoms with Gasteiger partial charge in [0.1, 0.15) is 11.5 Å². The molecule has 3 heterocycles. The molecule has 4 nitrogen and oxygen atoms in total. The van der Waals surface area contributed by atoms with E-state index in [4.69, 9.17) is 11.6 Å². The van der Waals surface area contributed by atoms with Crippen molar-refractivity contribution in [1.29, 1.82) is 0 Å². The first-order chi connectivity index (χ1) is 13.0.